The van der Waals surface area contributed by atoms with Gasteiger partial charge in [0.15, 0.2) is 0 Å². The van der Waals surface area contributed by atoms with Crippen LogP contribution in [0.5, 0.6) is 5.75 Å². The Morgan fingerprint density at radius 2 is 1.77 bits per heavy atom. The van der Waals surface area contributed by atoms with Gasteiger partial charge in [-0.25, -0.2) is 4.79 Å². The molecule has 4 nitrogen and oxygen atoms in total. The molecule has 0 N–H and O–H groups in total. The van der Waals surface area contributed by atoms with Gasteiger partial charge < -0.3 is 14.2 Å². The topological polar surface area (TPSA) is 44.8 Å². The van der Waals surface area contributed by atoms with Crippen LogP contribution in [0.3, 0.4) is 0 Å². The van der Waals surface area contributed by atoms with E-state index >= 15 is 0 Å². The average Bonchev–Trinajstić information content (AvgIpc) is 3.10. The van der Waals surface area contributed by atoms with E-state index in [4.69, 9.17) is 14.2 Å². The van der Waals surface area contributed by atoms with Gasteiger partial charge in [-0.05, 0) is 86.7 Å². The van der Waals surface area contributed by atoms with E-state index < -0.39 is 6.16 Å². The van der Waals surface area contributed by atoms with Crippen LogP contribution in [0.15, 0.2) is 42.0 Å². The lowest BCUT2D eigenvalue weighted by Crippen LogP contribution is -2.52. The minimum Gasteiger partial charge on any atom is -0.430 e. The normalized spacial score (nSPS) is 41.4. The summed E-state index contributed by atoms with van der Waals surface area (Å²) in [6.45, 7) is 4.89. The summed E-state index contributed by atoms with van der Waals surface area (Å²) in [4.78, 5) is 12.5. The quantitative estimate of drug-likeness (QED) is 0.314. The molecule has 5 rings (SSSR count). The highest BCUT2D eigenvalue weighted by molar-refractivity contribution is 5.64. The van der Waals surface area contributed by atoms with Crippen LogP contribution >= 0.6 is 0 Å². The molecule has 0 amide bonds. The van der Waals surface area contributed by atoms with Crippen LogP contribution in [-0.4, -0.2) is 25.5 Å². The number of hydrogen-bond acceptors (Lipinski definition) is 4. The van der Waals surface area contributed by atoms with Crippen molar-refractivity contribution < 1.29 is 19.0 Å². The van der Waals surface area contributed by atoms with Gasteiger partial charge in [-0.15, -0.1) is 0 Å². The second-order valence-corrected chi connectivity index (χ2v) is 10.7. The van der Waals surface area contributed by atoms with Gasteiger partial charge in [-0.2, -0.15) is 0 Å². The van der Waals surface area contributed by atoms with Crippen LogP contribution in [-0.2, 0) is 9.47 Å². The molecule has 0 heterocycles. The number of allylic oxidation sites excluding steroid dienone is 1. The molecule has 7 atom stereocenters. The van der Waals surface area contributed by atoms with Crippen LogP contribution in [0.1, 0.15) is 65.2 Å². The number of hydrogen-bond donors (Lipinski definition) is 0. The van der Waals surface area contributed by atoms with Gasteiger partial charge in [0.25, 0.3) is 0 Å². The Bertz CT molecular complexity index is 848. The molecular formula is C27H36O4. The van der Waals surface area contributed by atoms with Crippen LogP contribution < -0.4 is 4.74 Å². The minimum atomic E-state index is -0.557. The largest absolute Gasteiger partial charge is 0.514 e. The summed E-state index contributed by atoms with van der Waals surface area (Å²) in [6.07, 6.45) is 11.5. The second kappa shape index (κ2) is 7.95. The summed E-state index contributed by atoms with van der Waals surface area (Å²) in [5.41, 5.74) is 2.04. The van der Waals surface area contributed by atoms with Gasteiger partial charge in [0, 0.05) is 12.5 Å². The molecule has 4 heteroatoms. The van der Waals surface area contributed by atoms with E-state index in [1.807, 2.05) is 25.3 Å². The maximum absolute atomic E-state index is 12.5. The fraction of sp³-hybridized carbons (Fsp3) is 0.667. The molecule has 0 spiro atoms. The van der Waals surface area contributed by atoms with Crippen LogP contribution in [0.25, 0.3) is 0 Å². The fourth-order valence-corrected chi connectivity index (χ4v) is 7.75. The van der Waals surface area contributed by atoms with Crippen LogP contribution in [0.2, 0.25) is 0 Å². The molecule has 0 aliphatic heterocycles. The number of fused-ring (bicyclic) bond motifs is 5. The first-order valence-corrected chi connectivity index (χ1v) is 12.1. The summed E-state index contributed by atoms with van der Waals surface area (Å²) < 4.78 is 17.0. The molecule has 4 aliphatic carbocycles. The zero-order chi connectivity index (χ0) is 21.6. The first-order chi connectivity index (χ1) is 14.9. The third kappa shape index (κ3) is 3.51. The fourth-order valence-electron chi connectivity index (χ4n) is 7.75. The number of methoxy groups -OCH3 is 1. The monoisotopic (exact) mass is 424 g/mol. The minimum absolute atomic E-state index is 0.0383. The number of para-hydroxylation sites is 1. The zero-order valence-electron chi connectivity index (χ0n) is 19.1. The van der Waals surface area contributed by atoms with Crippen molar-refractivity contribution in [1.82, 2.24) is 0 Å². The summed E-state index contributed by atoms with van der Waals surface area (Å²) in [5, 5.41) is 0. The summed E-state index contributed by atoms with van der Waals surface area (Å²) in [7, 11) is 1.84. The predicted molar refractivity (Wildman–Crippen MR) is 120 cm³/mol. The number of carbonyl (C=O) groups excluding carboxylic acids is 1. The van der Waals surface area contributed by atoms with Crippen LogP contribution in [0, 0.1) is 28.6 Å². The number of rotatable bonds is 3. The molecule has 0 aromatic heterocycles. The number of carbonyl (C=O) groups is 1. The van der Waals surface area contributed by atoms with Crippen LogP contribution in [0.4, 0.5) is 4.79 Å². The highest BCUT2D eigenvalue weighted by Gasteiger charge is 2.60. The van der Waals surface area contributed by atoms with Gasteiger partial charge in [0.1, 0.15) is 11.9 Å². The molecular weight excluding hydrogens is 388 g/mol. The van der Waals surface area contributed by atoms with Gasteiger partial charge >= 0.3 is 6.16 Å². The van der Waals surface area contributed by atoms with Gasteiger partial charge in [-0.1, -0.05) is 43.7 Å². The van der Waals surface area contributed by atoms with E-state index in [0.29, 0.717) is 23.2 Å². The molecule has 0 bridgehead atoms. The van der Waals surface area contributed by atoms with Gasteiger partial charge in [0.05, 0.1) is 6.10 Å². The lowest BCUT2D eigenvalue weighted by atomic mass is 9.47. The van der Waals surface area contributed by atoms with E-state index in [1.165, 1.54) is 25.7 Å². The molecule has 4 aliphatic rings. The highest BCUT2D eigenvalue weighted by atomic mass is 16.7. The molecule has 1 aromatic rings. The predicted octanol–water partition coefficient (Wildman–Crippen LogP) is 6.55. The van der Waals surface area contributed by atoms with Crippen molar-refractivity contribution in [2.45, 2.75) is 77.4 Å². The molecule has 1 aromatic carbocycles. The van der Waals surface area contributed by atoms with Gasteiger partial charge in [0.2, 0.25) is 0 Å². The van der Waals surface area contributed by atoms with Crippen molar-refractivity contribution >= 4 is 6.16 Å². The number of ether oxygens (including phenoxy) is 3. The van der Waals surface area contributed by atoms with E-state index in [9.17, 15) is 4.79 Å². The molecule has 3 fully saturated rings. The maximum atomic E-state index is 12.5. The third-order valence-corrected chi connectivity index (χ3v) is 9.47. The average molecular weight is 425 g/mol. The smallest absolute Gasteiger partial charge is 0.430 e. The van der Waals surface area contributed by atoms with Crippen molar-refractivity contribution in [1.29, 1.82) is 0 Å². The maximum Gasteiger partial charge on any atom is 0.514 e. The SMILES string of the molecule is CO[C@@H]1C=C2CC[C@H]3[C@@H]4CC[C@H](OC(=O)Oc5ccccc5)[C@@]4(C)CC[C@@H]3[C@@]2(C)CC1. The molecule has 168 valence electrons. The Morgan fingerprint density at radius 3 is 2.55 bits per heavy atom. The Balaban J connectivity index is 1.30. The molecule has 0 radical (unpaired) electrons. The second-order valence-electron chi connectivity index (χ2n) is 10.7. The molecule has 31 heavy (non-hydrogen) atoms. The molecule has 0 unspecified atom stereocenters. The Kier molecular flexibility index (Phi) is 5.40. The van der Waals surface area contributed by atoms with Crippen molar-refractivity contribution in [3.63, 3.8) is 0 Å². The summed E-state index contributed by atoms with van der Waals surface area (Å²) >= 11 is 0. The standard InChI is InChI=1S/C27H36O4/c1-26-15-13-20(29-3)17-18(26)9-10-21-22-11-12-24(27(22,2)16-14-23(21)26)31-25(28)30-19-7-5-4-6-8-19/h4-8,17,20-24H,9-16H2,1-3H3/t20-,21-,22-,23-,24-,26-,27-/m0/s1. The first kappa shape index (κ1) is 21.1. The van der Waals surface area contributed by atoms with E-state index in [2.05, 4.69) is 19.9 Å². The zero-order valence-corrected chi connectivity index (χ0v) is 19.1. The lowest BCUT2D eigenvalue weighted by Gasteiger charge is -2.58. The Hall–Kier alpha value is -1.81. The van der Waals surface area contributed by atoms with Gasteiger partial charge in [-0.3, -0.25) is 0 Å². The third-order valence-electron chi connectivity index (χ3n) is 9.47. The van der Waals surface area contributed by atoms with Crippen molar-refractivity contribution in [2.24, 2.45) is 28.6 Å². The van der Waals surface area contributed by atoms with Crippen molar-refractivity contribution in [3.05, 3.63) is 42.0 Å². The Labute approximate surface area is 186 Å². The van der Waals surface area contributed by atoms with Crippen molar-refractivity contribution in [2.75, 3.05) is 7.11 Å². The lowest BCUT2D eigenvalue weighted by molar-refractivity contribution is -0.0843. The van der Waals surface area contributed by atoms with Crippen molar-refractivity contribution in [3.8, 4) is 5.75 Å². The summed E-state index contributed by atoms with van der Waals surface area (Å²) in [6, 6.07) is 9.22. The molecule has 3 saturated carbocycles. The summed E-state index contributed by atoms with van der Waals surface area (Å²) in [5.74, 6) is 2.67. The first-order valence-electron chi connectivity index (χ1n) is 12.1. The highest BCUT2D eigenvalue weighted by Crippen LogP contribution is 2.65. The van der Waals surface area contributed by atoms with E-state index in [-0.39, 0.29) is 11.5 Å². The number of benzene rings is 1. The Morgan fingerprint density at radius 1 is 0.968 bits per heavy atom. The van der Waals surface area contributed by atoms with E-state index in [0.717, 1.165) is 37.5 Å². The molecule has 0 saturated heterocycles. The van der Waals surface area contributed by atoms with E-state index in [1.54, 1.807) is 17.7 Å².